The average molecular weight is 515 g/mol. The van der Waals surface area contributed by atoms with Crippen molar-refractivity contribution < 1.29 is 27.8 Å². The zero-order chi connectivity index (χ0) is 27.1. The summed E-state index contributed by atoms with van der Waals surface area (Å²) in [5.41, 5.74) is 6.32. The number of hydrogen-bond acceptors (Lipinski definition) is 8. The minimum atomic E-state index is -1.07. The molecule has 0 aromatic carbocycles. The fraction of sp³-hybridized carbons (Fsp3) is 0.440. The van der Waals surface area contributed by atoms with Crippen molar-refractivity contribution in [2.75, 3.05) is 33.0 Å². The molecule has 1 aliphatic rings. The van der Waals surface area contributed by atoms with Gasteiger partial charge in [0.2, 0.25) is 11.6 Å². The normalized spacial score (nSPS) is 15.5. The number of rotatable bonds is 3. The predicted molar refractivity (Wildman–Crippen MR) is 131 cm³/mol. The summed E-state index contributed by atoms with van der Waals surface area (Å²) in [5.74, 6) is 2.81. The zero-order valence-corrected chi connectivity index (χ0v) is 21.5. The van der Waals surface area contributed by atoms with E-state index in [2.05, 4.69) is 26.8 Å². The van der Waals surface area contributed by atoms with Gasteiger partial charge in [0.25, 0.3) is 11.8 Å². The number of pyridine rings is 1. The number of imidazole rings is 1. The predicted octanol–water partition coefficient (Wildman–Crippen LogP) is 3.43. The van der Waals surface area contributed by atoms with Gasteiger partial charge in [-0.1, -0.05) is 5.92 Å². The van der Waals surface area contributed by atoms with E-state index in [-0.39, 0.29) is 17.4 Å². The quantitative estimate of drug-likeness (QED) is 0.529. The number of aromatic nitrogens is 4. The summed E-state index contributed by atoms with van der Waals surface area (Å²) in [6.45, 7) is 8.13. The first-order valence-electron chi connectivity index (χ1n) is 11.6. The van der Waals surface area contributed by atoms with Crippen LogP contribution >= 0.6 is 0 Å². The lowest BCUT2D eigenvalue weighted by molar-refractivity contribution is 0.0292. The van der Waals surface area contributed by atoms with E-state index in [1.54, 1.807) is 11.1 Å². The molecule has 0 aliphatic carbocycles. The van der Waals surface area contributed by atoms with Gasteiger partial charge in [0.05, 0.1) is 14.2 Å². The van der Waals surface area contributed by atoms with Crippen LogP contribution in [0.25, 0.3) is 5.52 Å². The molecule has 0 radical (unpaired) electrons. The van der Waals surface area contributed by atoms with Gasteiger partial charge in [-0.15, -0.1) is 0 Å². The minimum Gasteiger partial charge on any atom is -0.479 e. The maximum atomic E-state index is 14.8. The second kappa shape index (κ2) is 9.72. The number of nitrogen functional groups attached to an aromatic ring is 1. The van der Waals surface area contributed by atoms with Crippen LogP contribution in [-0.2, 0) is 4.74 Å². The molecule has 3 aromatic rings. The third-order valence-corrected chi connectivity index (χ3v) is 5.80. The van der Waals surface area contributed by atoms with Crippen molar-refractivity contribution in [3.63, 3.8) is 0 Å². The molecule has 0 spiro atoms. The molecule has 1 amide bonds. The van der Waals surface area contributed by atoms with E-state index in [0.717, 1.165) is 5.69 Å². The van der Waals surface area contributed by atoms with Crippen LogP contribution in [0.1, 0.15) is 55.9 Å². The topological polar surface area (TPSA) is 117 Å². The van der Waals surface area contributed by atoms with E-state index < -0.39 is 40.7 Å². The van der Waals surface area contributed by atoms with Crippen LogP contribution in [-0.4, -0.2) is 63.3 Å². The van der Waals surface area contributed by atoms with Crippen LogP contribution in [0.2, 0.25) is 0 Å². The Balaban J connectivity index is 1.78. The molecule has 196 valence electrons. The molecule has 4 heterocycles. The molecular formula is C25H28F2N6O4. The van der Waals surface area contributed by atoms with Gasteiger partial charge in [0, 0.05) is 30.9 Å². The number of likely N-dealkylation sites (tertiary alicyclic amines) is 1. The standard InChI is InChI=1S/C25H28F2N6O4/c1-13-11-29-20(28)19-16(8-7-15-17(26)22(35-5)31-23(36-6)18(15)27)30-21(33(13)19)14-9-10-32(12-14)24(34)37-25(2,3)4/h11,14H,9-10,12H2,1-6H3,(H2,28,29)/t14-/m0/s1. The van der Waals surface area contributed by atoms with Gasteiger partial charge in [-0.2, -0.15) is 13.8 Å². The van der Waals surface area contributed by atoms with Crippen molar-refractivity contribution in [3.8, 4) is 23.6 Å². The van der Waals surface area contributed by atoms with Gasteiger partial charge >= 0.3 is 6.09 Å². The summed E-state index contributed by atoms with van der Waals surface area (Å²) in [6.07, 6.45) is 1.83. The highest BCUT2D eigenvalue weighted by atomic mass is 19.1. The number of carbonyl (C=O) groups excluding carboxylic acids is 1. The summed E-state index contributed by atoms with van der Waals surface area (Å²) >= 11 is 0. The number of nitrogens with two attached hydrogens (primary N) is 1. The van der Waals surface area contributed by atoms with Crippen LogP contribution in [0.5, 0.6) is 11.8 Å². The molecule has 1 aliphatic heterocycles. The maximum absolute atomic E-state index is 14.8. The SMILES string of the molecule is COc1nc(OC)c(F)c(C#Cc2nc([C@H]3CCN(C(=O)OC(C)(C)C)C3)n3c(C)cnc(N)c23)c1F. The average Bonchev–Trinajstić information content (AvgIpc) is 3.46. The Morgan fingerprint density at radius 3 is 2.38 bits per heavy atom. The highest BCUT2D eigenvalue weighted by molar-refractivity contribution is 5.74. The Morgan fingerprint density at radius 2 is 1.78 bits per heavy atom. The Morgan fingerprint density at radius 1 is 1.14 bits per heavy atom. The molecule has 1 saturated heterocycles. The van der Waals surface area contributed by atoms with Crippen molar-refractivity contribution in [1.29, 1.82) is 0 Å². The van der Waals surface area contributed by atoms with Gasteiger partial charge in [-0.3, -0.25) is 4.40 Å². The molecular weight excluding hydrogens is 486 g/mol. The van der Waals surface area contributed by atoms with Gasteiger partial charge in [0.15, 0.2) is 5.82 Å². The monoisotopic (exact) mass is 514 g/mol. The first-order valence-corrected chi connectivity index (χ1v) is 11.6. The molecule has 10 nitrogen and oxygen atoms in total. The number of halogens is 2. The fourth-order valence-electron chi connectivity index (χ4n) is 4.14. The summed E-state index contributed by atoms with van der Waals surface area (Å²) in [4.78, 5) is 26.7. The zero-order valence-electron chi connectivity index (χ0n) is 21.5. The number of nitrogens with zero attached hydrogens (tertiary/aromatic N) is 5. The highest BCUT2D eigenvalue weighted by Crippen LogP contribution is 2.32. The molecule has 4 rings (SSSR count). The van der Waals surface area contributed by atoms with Gasteiger partial charge < -0.3 is 24.8 Å². The van der Waals surface area contributed by atoms with E-state index in [1.807, 2.05) is 32.1 Å². The second-order valence-electron chi connectivity index (χ2n) is 9.58. The largest absolute Gasteiger partial charge is 0.479 e. The summed E-state index contributed by atoms with van der Waals surface area (Å²) in [6, 6.07) is 0. The number of methoxy groups -OCH3 is 2. The molecule has 2 N–H and O–H groups in total. The van der Waals surface area contributed by atoms with E-state index in [1.165, 1.54) is 14.2 Å². The highest BCUT2D eigenvalue weighted by Gasteiger charge is 2.34. The summed E-state index contributed by atoms with van der Waals surface area (Å²) in [7, 11) is 2.40. The van der Waals surface area contributed by atoms with E-state index in [0.29, 0.717) is 30.9 Å². The lowest BCUT2D eigenvalue weighted by Gasteiger charge is -2.24. The first kappa shape index (κ1) is 25.9. The minimum absolute atomic E-state index is 0.148. The van der Waals surface area contributed by atoms with Crippen LogP contribution < -0.4 is 15.2 Å². The Hall–Kier alpha value is -4.14. The molecule has 1 atom stereocenters. The Bertz CT molecular complexity index is 1410. The lowest BCUT2D eigenvalue weighted by Crippen LogP contribution is -2.35. The third-order valence-electron chi connectivity index (χ3n) is 5.80. The lowest BCUT2D eigenvalue weighted by atomic mass is 10.1. The van der Waals surface area contributed by atoms with Crippen LogP contribution in [0.3, 0.4) is 0 Å². The number of anilines is 1. The van der Waals surface area contributed by atoms with Crippen molar-refractivity contribution >= 4 is 17.4 Å². The molecule has 1 fully saturated rings. The number of amides is 1. The van der Waals surface area contributed by atoms with Crippen molar-refractivity contribution in [1.82, 2.24) is 24.3 Å². The molecule has 0 saturated carbocycles. The fourth-order valence-corrected chi connectivity index (χ4v) is 4.14. The van der Waals surface area contributed by atoms with Crippen molar-refractivity contribution in [3.05, 3.63) is 40.6 Å². The Kier molecular flexibility index (Phi) is 6.82. The smallest absolute Gasteiger partial charge is 0.410 e. The van der Waals surface area contributed by atoms with Crippen LogP contribution in [0.15, 0.2) is 6.20 Å². The second-order valence-corrected chi connectivity index (χ2v) is 9.58. The van der Waals surface area contributed by atoms with E-state index >= 15 is 0 Å². The molecule has 12 heteroatoms. The number of aryl methyl sites for hydroxylation is 1. The molecule has 3 aromatic heterocycles. The first-order chi connectivity index (χ1) is 17.4. The van der Waals surface area contributed by atoms with Crippen molar-refractivity contribution in [2.24, 2.45) is 0 Å². The number of hydrogen-bond donors (Lipinski definition) is 1. The Labute approximate surface area is 212 Å². The molecule has 37 heavy (non-hydrogen) atoms. The van der Waals surface area contributed by atoms with Gasteiger partial charge in [-0.25, -0.2) is 14.8 Å². The molecule has 0 unspecified atom stereocenters. The van der Waals surface area contributed by atoms with E-state index in [9.17, 15) is 13.6 Å². The third kappa shape index (κ3) is 4.94. The number of ether oxygens (including phenoxy) is 3. The summed E-state index contributed by atoms with van der Waals surface area (Å²) < 4.78 is 46.7. The number of carbonyl (C=O) groups is 1. The van der Waals surface area contributed by atoms with Gasteiger partial charge in [-0.05, 0) is 40.0 Å². The maximum Gasteiger partial charge on any atom is 0.410 e. The van der Waals surface area contributed by atoms with E-state index in [4.69, 9.17) is 19.9 Å². The van der Waals surface area contributed by atoms with Crippen LogP contribution in [0, 0.1) is 30.4 Å². The van der Waals surface area contributed by atoms with Gasteiger partial charge in [0.1, 0.15) is 28.2 Å². The number of fused-ring (bicyclic) bond motifs is 1. The molecule has 0 bridgehead atoms. The van der Waals surface area contributed by atoms with Crippen molar-refractivity contribution in [2.45, 2.75) is 45.6 Å². The van der Waals surface area contributed by atoms with Crippen LogP contribution in [0.4, 0.5) is 19.4 Å². The summed E-state index contributed by atoms with van der Waals surface area (Å²) in [5, 5.41) is 0.